The lowest BCUT2D eigenvalue weighted by Crippen LogP contribution is -2.20. The van der Waals surface area contributed by atoms with Crippen LogP contribution in [-0.4, -0.2) is 19.1 Å². The average molecular weight is 390 g/mol. The molecular formula is C24H26N2O3. The van der Waals surface area contributed by atoms with Crippen molar-refractivity contribution in [2.24, 2.45) is 0 Å². The number of carbonyl (C=O) groups is 1. The highest BCUT2D eigenvalue weighted by molar-refractivity contribution is 5.91. The molecule has 0 radical (unpaired) electrons. The van der Waals surface area contributed by atoms with Gasteiger partial charge in [-0.25, -0.2) is 0 Å². The van der Waals surface area contributed by atoms with Gasteiger partial charge in [0.1, 0.15) is 11.5 Å². The van der Waals surface area contributed by atoms with Crippen LogP contribution in [0.4, 0.5) is 11.4 Å². The molecule has 0 aliphatic carbocycles. The van der Waals surface area contributed by atoms with Crippen molar-refractivity contribution in [1.29, 1.82) is 0 Å². The van der Waals surface area contributed by atoms with E-state index in [1.165, 1.54) is 0 Å². The number of carbonyl (C=O) groups excluding carboxylic acids is 1. The van der Waals surface area contributed by atoms with E-state index in [4.69, 9.17) is 9.47 Å². The highest BCUT2D eigenvalue weighted by Gasteiger charge is 2.05. The molecule has 0 atom stereocenters. The average Bonchev–Trinajstić information content (AvgIpc) is 2.72. The van der Waals surface area contributed by atoms with Crippen LogP contribution in [0.25, 0.3) is 0 Å². The van der Waals surface area contributed by atoms with E-state index >= 15 is 0 Å². The van der Waals surface area contributed by atoms with Crippen molar-refractivity contribution < 1.29 is 14.3 Å². The SMILES string of the molecule is CCOc1ccc(NCc2cccc(OCC(=O)Nc3cccc(C)c3)c2)cc1. The standard InChI is InChI=1S/C24H26N2O3/c1-3-28-22-12-10-20(11-13-22)25-16-19-7-5-9-23(15-19)29-17-24(27)26-21-8-4-6-18(2)14-21/h4-15,25H,3,16-17H2,1-2H3,(H,26,27). The predicted octanol–water partition coefficient (Wildman–Crippen LogP) is 5.02. The minimum Gasteiger partial charge on any atom is -0.494 e. The summed E-state index contributed by atoms with van der Waals surface area (Å²) in [6.45, 7) is 5.22. The Kier molecular flexibility index (Phi) is 7.11. The number of anilines is 2. The summed E-state index contributed by atoms with van der Waals surface area (Å²) >= 11 is 0. The molecule has 1 amide bonds. The van der Waals surface area contributed by atoms with Gasteiger partial charge in [-0.15, -0.1) is 0 Å². The Morgan fingerprint density at radius 1 is 0.862 bits per heavy atom. The third kappa shape index (κ3) is 6.57. The fourth-order valence-corrected chi connectivity index (χ4v) is 2.85. The summed E-state index contributed by atoms with van der Waals surface area (Å²) in [6.07, 6.45) is 0. The monoisotopic (exact) mass is 390 g/mol. The Balaban J connectivity index is 1.49. The molecule has 0 heterocycles. The Morgan fingerprint density at radius 3 is 2.41 bits per heavy atom. The second kappa shape index (κ2) is 10.2. The first-order chi connectivity index (χ1) is 14.1. The zero-order valence-corrected chi connectivity index (χ0v) is 16.8. The zero-order chi connectivity index (χ0) is 20.5. The van der Waals surface area contributed by atoms with E-state index in [-0.39, 0.29) is 12.5 Å². The molecule has 5 heteroatoms. The van der Waals surface area contributed by atoms with E-state index in [0.717, 1.165) is 28.3 Å². The molecule has 0 aromatic heterocycles. The highest BCUT2D eigenvalue weighted by atomic mass is 16.5. The molecule has 3 rings (SSSR count). The lowest BCUT2D eigenvalue weighted by atomic mass is 10.2. The first kappa shape index (κ1) is 20.3. The summed E-state index contributed by atoms with van der Waals surface area (Å²) in [7, 11) is 0. The van der Waals surface area contributed by atoms with Gasteiger partial charge in [-0.1, -0.05) is 24.3 Å². The third-order valence-corrected chi connectivity index (χ3v) is 4.23. The van der Waals surface area contributed by atoms with Crippen LogP contribution in [0.1, 0.15) is 18.1 Å². The molecule has 3 aromatic rings. The van der Waals surface area contributed by atoms with Crippen LogP contribution in [0, 0.1) is 6.92 Å². The first-order valence-corrected chi connectivity index (χ1v) is 9.67. The number of hydrogen-bond donors (Lipinski definition) is 2. The van der Waals surface area contributed by atoms with Crippen molar-refractivity contribution in [3.63, 3.8) is 0 Å². The van der Waals surface area contributed by atoms with Gasteiger partial charge < -0.3 is 20.1 Å². The Morgan fingerprint density at radius 2 is 1.66 bits per heavy atom. The largest absolute Gasteiger partial charge is 0.494 e. The number of aryl methyl sites for hydroxylation is 1. The lowest BCUT2D eigenvalue weighted by molar-refractivity contribution is -0.118. The van der Waals surface area contributed by atoms with Gasteiger partial charge in [-0.2, -0.15) is 0 Å². The molecule has 3 aromatic carbocycles. The molecule has 0 aliphatic heterocycles. The van der Waals surface area contributed by atoms with Crippen molar-refractivity contribution in [3.8, 4) is 11.5 Å². The molecule has 0 unspecified atom stereocenters. The number of benzene rings is 3. The first-order valence-electron chi connectivity index (χ1n) is 9.67. The van der Waals surface area contributed by atoms with Gasteiger partial charge in [0.05, 0.1) is 6.61 Å². The molecule has 5 nitrogen and oxygen atoms in total. The molecule has 0 saturated carbocycles. The number of amides is 1. The van der Waals surface area contributed by atoms with Crippen LogP contribution in [0.5, 0.6) is 11.5 Å². The topological polar surface area (TPSA) is 59.6 Å². The molecule has 29 heavy (non-hydrogen) atoms. The van der Waals surface area contributed by atoms with Crippen molar-refractivity contribution in [1.82, 2.24) is 0 Å². The maximum absolute atomic E-state index is 12.1. The molecule has 0 saturated heterocycles. The van der Waals surface area contributed by atoms with Crippen molar-refractivity contribution >= 4 is 17.3 Å². The Bertz CT molecular complexity index is 939. The molecule has 0 aliphatic rings. The number of ether oxygens (including phenoxy) is 2. The van der Waals surface area contributed by atoms with Crippen LogP contribution in [0.3, 0.4) is 0 Å². The molecule has 2 N–H and O–H groups in total. The third-order valence-electron chi connectivity index (χ3n) is 4.23. The fourth-order valence-electron chi connectivity index (χ4n) is 2.85. The van der Waals surface area contributed by atoms with Gasteiger partial charge in [-0.3, -0.25) is 4.79 Å². The molecule has 0 spiro atoms. The van der Waals surface area contributed by atoms with Gasteiger partial charge in [0, 0.05) is 17.9 Å². The van der Waals surface area contributed by atoms with Crippen LogP contribution in [0.15, 0.2) is 72.8 Å². The van der Waals surface area contributed by atoms with Gasteiger partial charge in [-0.05, 0) is 73.5 Å². The van der Waals surface area contributed by atoms with Gasteiger partial charge in [0.2, 0.25) is 0 Å². The van der Waals surface area contributed by atoms with E-state index in [2.05, 4.69) is 10.6 Å². The van der Waals surface area contributed by atoms with Gasteiger partial charge in [0.15, 0.2) is 6.61 Å². The van der Waals surface area contributed by atoms with Crippen molar-refractivity contribution in [2.75, 3.05) is 23.8 Å². The van der Waals surface area contributed by atoms with E-state index in [0.29, 0.717) is 18.9 Å². The summed E-state index contributed by atoms with van der Waals surface area (Å²) < 4.78 is 11.1. The van der Waals surface area contributed by atoms with Crippen LogP contribution in [0.2, 0.25) is 0 Å². The fraction of sp³-hybridized carbons (Fsp3) is 0.208. The van der Waals surface area contributed by atoms with Crippen molar-refractivity contribution in [2.45, 2.75) is 20.4 Å². The minimum atomic E-state index is -0.187. The van der Waals surface area contributed by atoms with E-state index < -0.39 is 0 Å². The maximum Gasteiger partial charge on any atom is 0.262 e. The summed E-state index contributed by atoms with van der Waals surface area (Å²) in [5, 5.41) is 6.21. The summed E-state index contributed by atoms with van der Waals surface area (Å²) in [6, 6.07) is 23.2. The van der Waals surface area contributed by atoms with Gasteiger partial charge in [0.25, 0.3) is 5.91 Å². The normalized spacial score (nSPS) is 10.3. The smallest absolute Gasteiger partial charge is 0.262 e. The second-order valence-corrected chi connectivity index (χ2v) is 6.66. The lowest BCUT2D eigenvalue weighted by Gasteiger charge is -2.11. The quantitative estimate of drug-likeness (QED) is 0.538. The van der Waals surface area contributed by atoms with E-state index in [1.54, 1.807) is 0 Å². The van der Waals surface area contributed by atoms with Gasteiger partial charge >= 0.3 is 0 Å². The molecular weight excluding hydrogens is 364 g/mol. The summed E-state index contributed by atoms with van der Waals surface area (Å²) in [4.78, 5) is 12.1. The molecule has 0 fully saturated rings. The van der Waals surface area contributed by atoms with Crippen LogP contribution < -0.4 is 20.1 Å². The Labute approximate surface area is 171 Å². The second-order valence-electron chi connectivity index (χ2n) is 6.66. The van der Waals surface area contributed by atoms with E-state index in [9.17, 15) is 4.79 Å². The number of nitrogens with one attached hydrogen (secondary N) is 2. The maximum atomic E-state index is 12.1. The minimum absolute atomic E-state index is 0.0380. The van der Waals surface area contributed by atoms with Crippen LogP contribution >= 0.6 is 0 Å². The number of rotatable bonds is 9. The predicted molar refractivity (Wildman–Crippen MR) is 117 cm³/mol. The summed E-state index contributed by atoms with van der Waals surface area (Å²) in [5.74, 6) is 1.33. The number of hydrogen-bond acceptors (Lipinski definition) is 4. The van der Waals surface area contributed by atoms with Crippen molar-refractivity contribution in [3.05, 3.63) is 83.9 Å². The zero-order valence-electron chi connectivity index (χ0n) is 16.8. The Hall–Kier alpha value is -3.47. The molecule has 150 valence electrons. The van der Waals surface area contributed by atoms with E-state index in [1.807, 2.05) is 86.6 Å². The highest BCUT2D eigenvalue weighted by Crippen LogP contribution is 2.18. The van der Waals surface area contributed by atoms with Crippen LogP contribution in [-0.2, 0) is 11.3 Å². The molecule has 0 bridgehead atoms. The summed E-state index contributed by atoms with van der Waals surface area (Å²) in [5.41, 5.74) is 3.94.